The van der Waals surface area contributed by atoms with Crippen LogP contribution in [0.15, 0.2) is 64.0 Å². The molecule has 1 fully saturated rings. The number of carbonyl (C=O) groups is 1. The van der Waals surface area contributed by atoms with Crippen molar-refractivity contribution in [2.75, 3.05) is 26.2 Å². The lowest BCUT2D eigenvalue weighted by Gasteiger charge is -2.34. The largest absolute Gasteiger partial charge is 0.360 e. The molecule has 158 valence electrons. The van der Waals surface area contributed by atoms with E-state index in [2.05, 4.69) is 5.16 Å². The first kappa shape index (κ1) is 20.8. The maximum Gasteiger partial charge on any atom is 0.259 e. The quantitative estimate of drug-likeness (QED) is 0.622. The van der Waals surface area contributed by atoms with E-state index in [1.54, 1.807) is 11.8 Å². The van der Waals surface area contributed by atoms with Crippen molar-refractivity contribution >= 4 is 15.9 Å². The number of hydrogen-bond acceptors (Lipinski definition) is 6. The second kappa shape index (κ2) is 8.34. The van der Waals surface area contributed by atoms with Crippen molar-refractivity contribution in [3.63, 3.8) is 0 Å². The first-order valence-corrected chi connectivity index (χ1v) is 11.2. The number of aromatic nitrogens is 1. The zero-order valence-electron chi connectivity index (χ0n) is 16.9. The third-order valence-corrected chi connectivity index (χ3v) is 7.18. The van der Waals surface area contributed by atoms with Crippen LogP contribution in [0.4, 0.5) is 0 Å². The summed E-state index contributed by atoms with van der Waals surface area (Å²) in [6.07, 6.45) is 0. The van der Waals surface area contributed by atoms with E-state index in [1.807, 2.05) is 36.4 Å². The van der Waals surface area contributed by atoms with E-state index in [0.717, 1.165) is 5.56 Å². The Hall–Kier alpha value is -3.48. The van der Waals surface area contributed by atoms with Crippen LogP contribution in [0.1, 0.15) is 21.7 Å². The monoisotopic (exact) mass is 436 g/mol. The van der Waals surface area contributed by atoms with Gasteiger partial charge in [0.05, 0.1) is 16.5 Å². The molecule has 0 radical (unpaired) electrons. The lowest BCUT2D eigenvalue weighted by molar-refractivity contribution is 0.0696. The minimum atomic E-state index is -3.69. The summed E-state index contributed by atoms with van der Waals surface area (Å²) in [5, 5.41) is 13.0. The fourth-order valence-corrected chi connectivity index (χ4v) is 4.98. The Kier molecular flexibility index (Phi) is 5.59. The number of aryl methyl sites for hydroxylation is 1. The summed E-state index contributed by atoms with van der Waals surface area (Å²) in [7, 11) is -3.69. The van der Waals surface area contributed by atoms with Crippen molar-refractivity contribution in [1.82, 2.24) is 14.4 Å². The van der Waals surface area contributed by atoms with Gasteiger partial charge in [0, 0.05) is 31.7 Å². The summed E-state index contributed by atoms with van der Waals surface area (Å²) in [6.45, 7) is 2.57. The SMILES string of the molecule is Cc1onc(-c2ccccc2)c1C(=O)N1CCN(S(=O)(=O)c2ccc(C#N)cc2)CC1. The molecule has 1 aliphatic rings. The zero-order chi connectivity index (χ0) is 22.0. The second-order valence-corrected chi connectivity index (χ2v) is 9.10. The number of hydrogen-bond donors (Lipinski definition) is 0. The normalized spacial score (nSPS) is 14.9. The summed E-state index contributed by atoms with van der Waals surface area (Å²) in [6, 6.07) is 17.1. The number of piperazine rings is 1. The van der Waals surface area contributed by atoms with E-state index >= 15 is 0 Å². The summed E-state index contributed by atoms with van der Waals surface area (Å²) in [5.74, 6) is 0.199. The predicted molar refractivity (Wildman–Crippen MR) is 112 cm³/mol. The summed E-state index contributed by atoms with van der Waals surface area (Å²) in [5.41, 5.74) is 2.06. The second-order valence-electron chi connectivity index (χ2n) is 7.16. The van der Waals surface area contributed by atoms with Gasteiger partial charge >= 0.3 is 0 Å². The van der Waals surface area contributed by atoms with E-state index < -0.39 is 10.0 Å². The minimum Gasteiger partial charge on any atom is -0.360 e. The maximum atomic E-state index is 13.2. The highest BCUT2D eigenvalue weighted by Crippen LogP contribution is 2.27. The van der Waals surface area contributed by atoms with Gasteiger partial charge in [-0.1, -0.05) is 35.5 Å². The third-order valence-electron chi connectivity index (χ3n) is 5.27. The molecule has 0 aliphatic carbocycles. The van der Waals surface area contributed by atoms with Gasteiger partial charge in [0.1, 0.15) is 17.0 Å². The molecule has 3 aromatic rings. The molecule has 0 N–H and O–H groups in total. The highest BCUT2D eigenvalue weighted by molar-refractivity contribution is 7.89. The van der Waals surface area contributed by atoms with Crippen molar-refractivity contribution in [3.8, 4) is 17.3 Å². The standard InChI is InChI=1S/C22H20N4O4S/c1-16-20(21(24-30-16)18-5-3-2-4-6-18)22(27)25-11-13-26(14-12-25)31(28,29)19-9-7-17(15-23)8-10-19/h2-10H,11-14H2,1H3. The molecule has 1 saturated heterocycles. The molecule has 0 atom stereocenters. The fourth-order valence-electron chi connectivity index (χ4n) is 3.56. The molecular weight excluding hydrogens is 416 g/mol. The highest BCUT2D eigenvalue weighted by atomic mass is 32.2. The molecule has 2 aromatic carbocycles. The van der Waals surface area contributed by atoms with Gasteiger partial charge in [-0.15, -0.1) is 0 Å². The Labute approximate surface area is 180 Å². The van der Waals surface area contributed by atoms with Gasteiger partial charge in [0.2, 0.25) is 10.0 Å². The molecule has 4 rings (SSSR count). The van der Waals surface area contributed by atoms with Crippen LogP contribution >= 0.6 is 0 Å². The molecule has 9 heteroatoms. The summed E-state index contributed by atoms with van der Waals surface area (Å²) < 4.78 is 32.4. The summed E-state index contributed by atoms with van der Waals surface area (Å²) in [4.78, 5) is 15.0. The van der Waals surface area contributed by atoms with E-state index in [-0.39, 0.29) is 37.0 Å². The smallest absolute Gasteiger partial charge is 0.259 e. The molecule has 31 heavy (non-hydrogen) atoms. The molecule has 1 aromatic heterocycles. The molecule has 0 bridgehead atoms. The molecule has 0 spiro atoms. The fraction of sp³-hybridized carbons (Fsp3) is 0.227. The van der Waals surface area contributed by atoms with Crippen LogP contribution in [-0.2, 0) is 10.0 Å². The number of sulfonamides is 1. The topological polar surface area (TPSA) is 108 Å². The van der Waals surface area contributed by atoms with Crippen molar-refractivity contribution in [3.05, 3.63) is 71.5 Å². The molecule has 0 unspecified atom stereocenters. The molecule has 8 nitrogen and oxygen atoms in total. The number of nitriles is 1. The van der Waals surface area contributed by atoms with Crippen LogP contribution < -0.4 is 0 Å². The Morgan fingerprint density at radius 3 is 2.29 bits per heavy atom. The number of nitrogens with zero attached hydrogens (tertiary/aromatic N) is 4. The predicted octanol–water partition coefficient (Wildman–Crippen LogP) is 2.67. The van der Waals surface area contributed by atoms with Crippen molar-refractivity contribution in [1.29, 1.82) is 5.26 Å². The number of amides is 1. The van der Waals surface area contributed by atoms with Crippen LogP contribution in [0.5, 0.6) is 0 Å². The Bertz CT molecular complexity index is 1240. The minimum absolute atomic E-state index is 0.132. The van der Waals surface area contributed by atoms with Gasteiger partial charge in [0.25, 0.3) is 5.91 Å². The number of benzene rings is 2. The van der Waals surface area contributed by atoms with E-state index in [9.17, 15) is 13.2 Å². The van der Waals surface area contributed by atoms with Crippen molar-refractivity contribution < 1.29 is 17.7 Å². The van der Waals surface area contributed by atoms with Gasteiger partial charge < -0.3 is 9.42 Å². The van der Waals surface area contributed by atoms with Crippen molar-refractivity contribution in [2.45, 2.75) is 11.8 Å². The van der Waals surface area contributed by atoms with Gasteiger partial charge in [-0.05, 0) is 31.2 Å². The van der Waals surface area contributed by atoms with Gasteiger partial charge in [-0.3, -0.25) is 4.79 Å². The molecule has 2 heterocycles. The average Bonchev–Trinajstić information content (AvgIpc) is 3.20. The molecular formula is C22H20N4O4S. The molecule has 0 saturated carbocycles. The third kappa shape index (κ3) is 3.95. The average molecular weight is 436 g/mol. The summed E-state index contributed by atoms with van der Waals surface area (Å²) >= 11 is 0. The van der Waals surface area contributed by atoms with Gasteiger partial charge in [-0.2, -0.15) is 9.57 Å². The van der Waals surface area contributed by atoms with E-state index in [1.165, 1.54) is 28.6 Å². The Balaban J connectivity index is 1.50. The zero-order valence-corrected chi connectivity index (χ0v) is 17.7. The number of carbonyl (C=O) groups excluding carboxylic acids is 1. The van der Waals surface area contributed by atoms with Crippen LogP contribution in [0.25, 0.3) is 11.3 Å². The molecule has 1 aliphatic heterocycles. The van der Waals surface area contributed by atoms with Crippen molar-refractivity contribution in [2.24, 2.45) is 0 Å². The molecule has 1 amide bonds. The maximum absolute atomic E-state index is 13.2. The first-order chi connectivity index (χ1) is 14.9. The Morgan fingerprint density at radius 2 is 1.68 bits per heavy atom. The van der Waals surface area contributed by atoms with Crippen LogP contribution in [0.3, 0.4) is 0 Å². The Morgan fingerprint density at radius 1 is 1.03 bits per heavy atom. The first-order valence-electron chi connectivity index (χ1n) is 9.73. The van der Waals surface area contributed by atoms with Crippen LogP contribution in [0.2, 0.25) is 0 Å². The van der Waals surface area contributed by atoms with E-state index in [4.69, 9.17) is 9.78 Å². The lowest BCUT2D eigenvalue weighted by Crippen LogP contribution is -2.50. The van der Waals surface area contributed by atoms with Crippen LogP contribution in [-0.4, -0.2) is 54.9 Å². The van der Waals surface area contributed by atoms with Gasteiger partial charge in [-0.25, -0.2) is 8.42 Å². The van der Waals surface area contributed by atoms with Crippen LogP contribution in [0, 0.1) is 18.3 Å². The highest BCUT2D eigenvalue weighted by Gasteiger charge is 2.33. The number of rotatable bonds is 4. The van der Waals surface area contributed by atoms with Gasteiger partial charge in [0.15, 0.2) is 0 Å². The van der Waals surface area contributed by atoms with E-state index in [0.29, 0.717) is 22.6 Å². The lowest BCUT2D eigenvalue weighted by atomic mass is 10.0.